The van der Waals surface area contributed by atoms with Gasteiger partial charge in [0.1, 0.15) is 11.5 Å². The number of hydrogen-bond acceptors (Lipinski definition) is 2. The Bertz CT molecular complexity index is 489. The van der Waals surface area contributed by atoms with E-state index in [1.165, 1.54) is 5.56 Å². The predicted molar refractivity (Wildman–Crippen MR) is 77.6 cm³/mol. The van der Waals surface area contributed by atoms with Gasteiger partial charge in [-0.2, -0.15) is 0 Å². The third-order valence-electron chi connectivity index (χ3n) is 2.88. The van der Waals surface area contributed by atoms with Gasteiger partial charge >= 0.3 is 0 Å². The van der Waals surface area contributed by atoms with Crippen molar-refractivity contribution >= 4 is 15.9 Å². The molecule has 1 N–H and O–H groups in total. The second kappa shape index (κ2) is 6.21. The van der Waals surface area contributed by atoms with Crippen molar-refractivity contribution in [2.24, 2.45) is 0 Å². The van der Waals surface area contributed by atoms with E-state index in [-0.39, 0.29) is 0 Å². The molecular weight excluding hydrogens is 290 g/mol. The zero-order valence-corrected chi connectivity index (χ0v) is 12.3. The Morgan fingerprint density at radius 3 is 2.50 bits per heavy atom. The Kier molecular flexibility index (Phi) is 4.61. The van der Waals surface area contributed by atoms with Crippen molar-refractivity contribution in [1.82, 2.24) is 5.32 Å². The maximum absolute atomic E-state index is 5.53. The normalized spacial score (nSPS) is 12.6. The molecule has 0 saturated carbocycles. The van der Waals surface area contributed by atoms with Crippen molar-refractivity contribution in [3.05, 3.63) is 58.0 Å². The first-order valence-electron chi connectivity index (χ1n) is 6.16. The molecule has 0 aliphatic rings. The fourth-order valence-electron chi connectivity index (χ4n) is 1.90. The van der Waals surface area contributed by atoms with Crippen molar-refractivity contribution in [2.45, 2.75) is 32.9 Å². The number of furan rings is 1. The molecule has 0 bridgehead atoms. The van der Waals surface area contributed by atoms with E-state index >= 15 is 0 Å². The van der Waals surface area contributed by atoms with Gasteiger partial charge in [0.25, 0.3) is 0 Å². The summed E-state index contributed by atoms with van der Waals surface area (Å²) in [5.41, 5.74) is 1.34. The van der Waals surface area contributed by atoms with Gasteiger partial charge in [0.15, 0.2) is 0 Å². The fourth-order valence-corrected chi connectivity index (χ4v) is 2.17. The van der Waals surface area contributed by atoms with Crippen molar-refractivity contribution in [3.8, 4) is 0 Å². The number of nitrogens with one attached hydrogen (secondary N) is 1. The van der Waals surface area contributed by atoms with E-state index in [1.807, 2.05) is 19.1 Å². The molecule has 2 nitrogen and oxygen atoms in total. The summed E-state index contributed by atoms with van der Waals surface area (Å²) < 4.78 is 6.65. The van der Waals surface area contributed by atoms with Crippen LogP contribution in [0.2, 0.25) is 0 Å². The highest BCUT2D eigenvalue weighted by Gasteiger charge is 2.05. The molecule has 1 aromatic heterocycles. The second-order valence-electron chi connectivity index (χ2n) is 4.62. The summed E-state index contributed by atoms with van der Waals surface area (Å²) in [6.07, 6.45) is 1.02. The third-order valence-corrected chi connectivity index (χ3v) is 3.40. The van der Waals surface area contributed by atoms with Crippen LogP contribution < -0.4 is 5.32 Å². The number of benzene rings is 1. The Labute approximate surface area is 117 Å². The molecule has 2 rings (SSSR count). The van der Waals surface area contributed by atoms with E-state index in [1.54, 1.807) is 0 Å². The molecule has 3 heteroatoms. The van der Waals surface area contributed by atoms with Crippen molar-refractivity contribution in [2.75, 3.05) is 0 Å². The third kappa shape index (κ3) is 4.00. The molecule has 0 saturated heterocycles. The van der Waals surface area contributed by atoms with E-state index in [0.29, 0.717) is 6.04 Å². The molecule has 0 aliphatic heterocycles. The van der Waals surface area contributed by atoms with Gasteiger partial charge in [-0.25, -0.2) is 0 Å². The highest BCUT2D eigenvalue weighted by Crippen LogP contribution is 2.12. The summed E-state index contributed by atoms with van der Waals surface area (Å²) >= 11 is 3.45. The minimum absolute atomic E-state index is 0.427. The summed E-state index contributed by atoms with van der Waals surface area (Å²) in [6, 6.07) is 12.9. The van der Waals surface area contributed by atoms with Crippen LogP contribution in [0.3, 0.4) is 0 Å². The zero-order valence-electron chi connectivity index (χ0n) is 10.7. The van der Waals surface area contributed by atoms with Crippen molar-refractivity contribution < 1.29 is 4.42 Å². The molecule has 2 aromatic rings. The van der Waals surface area contributed by atoms with Gasteiger partial charge < -0.3 is 9.73 Å². The van der Waals surface area contributed by atoms with Crippen LogP contribution in [0.5, 0.6) is 0 Å². The number of rotatable bonds is 5. The number of halogens is 1. The quantitative estimate of drug-likeness (QED) is 0.900. The van der Waals surface area contributed by atoms with E-state index in [4.69, 9.17) is 4.42 Å². The van der Waals surface area contributed by atoms with E-state index in [9.17, 15) is 0 Å². The van der Waals surface area contributed by atoms with Crippen LogP contribution in [0, 0.1) is 6.92 Å². The molecular formula is C15H18BrNO. The summed E-state index contributed by atoms with van der Waals surface area (Å²) in [4.78, 5) is 0. The lowest BCUT2D eigenvalue weighted by molar-refractivity contribution is 0.439. The molecule has 18 heavy (non-hydrogen) atoms. The molecule has 0 aliphatic carbocycles. The molecule has 0 amide bonds. The van der Waals surface area contributed by atoms with Crippen molar-refractivity contribution in [1.29, 1.82) is 0 Å². The van der Waals surface area contributed by atoms with Crippen LogP contribution in [0.25, 0.3) is 0 Å². The molecule has 0 spiro atoms. The van der Waals surface area contributed by atoms with Gasteiger partial charge in [-0.3, -0.25) is 0 Å². The topological polar surface area (TPSA) is 25.2 Å². The summed E-state index contributed by atoms with van der Waals surface area (Å²) in [5, 5.41) is 3.47. The largest absolute Gasteiger partial charge is 0.465 e. The Hall–Kier alpha value is -1.06. The molecule has 0 radical (unpaired) electrons. The average Bonchev–Trinajstić information content (AvgIpc) is 2.76. The first-order valence-corrected chi connectivity index (χ1v) is 6.96. The first kappa shape index (κ1) is 13.4. The molecule has 0 fully saturated rings. The molecule has 1 atom stereocenters. The highest BCUT2D eigenvalue weighted by molar-refractivity contribution is 9.10. The summed E-state index contributed by atoms with van der Waals surface area (Å²) in [6.45, 7) is 4.94. The van der Waals surface area contributed by atoms with E-state index in [0.717, 1.165) is 29.0 Å². The predicted octanol–water partition coefficient (Wildman–Crippen LogP) is 4.07. The molecule has 1 unspecified atom stereocenters. The van der Waals surface area contributed by atoms with Gasteiger partial charge in [-0.05, 0) is 50.1 Å². The Morgan fingerprint density at radius 1 is 1.17 bits per heavy atom. The molecule has 1 aromatic carbocycles. The zero-order chi connectivity index (χ0) is 13.0. The standard InChI is InChI=1S/C15H18BrNO/c1-11(9-13-4-6-14(16)7-5-13)17-10-15-8-3-12(2)18-15/h3-8,11,17H,9-10H2,1-2H3. The first-order chi connectivity index (χ1) is 8.63. The van der Waals surface area contributed by atoms with E-state index < -0.39 is 0 Å². The smallest absolute Gasteiger partial charge is 0.117 e. The molecule has 1 heterocycles. The van der Waals surface area contributed by atoms with Crippen LogP contribution in [0.15, 0.2) is 45.3 Å². The van der Waals surface area contributed by atoms with Crippen LogP contribution in [-0.4, -0.2) is 6.04 Å². The Morgan fingerprint density at radius 2 is 1.89 bits per heavy atom. The van der Waals surface area contributed by atoms with Gasteiger partial charge in [-0.15, -0.1) is 0 Å². The minimum Gasteiger partial charge on any atom is -0.465 e. The van der Waals surface area contributed by atoms with Gasteiger partial charge in [0.05, 0.1) is 6.54 Å². The molecule has 96 valence electrons. The second-order valence-corrected chi connectivity index (χ2v) is 5.54. The lowest BCUT2D eigenvalue weighted by Crippen LogP contribution is -2.27. The van der Waals surface area contributed by atoms with Crippen LogP contribution in [0.4, 0.5) is 0 Å². The van der Waals surface area contributed by atoms with Crippen LogP contribution >= 0.6 is 15.9 Å². The maximum atomic E-state index is 5.53. The summed E-state index contributed by atoms with van der Waals surface area (Å²) in [7, 11) is 0. The number of hydrogen-bond donors (Lipinski definition) is 1. The summed E-state index contributed by atoms with van der Waals surface area (Å²) in [5.74, 6) is 1.96. The minimum atomic E-state index is 0.427. The Balaban J connectivity index is 1.81. The van der Waals surface area contributed by atoms with Gasteiger partial charge in [0, 0.05) is 10.5 Å². The SMILES string of the molecule is Cc1ccc(CNC(C)Cc2ccc(Br)cc2)o1. The van der Waals surface area contributed by atoms with Crippen LogP contribution in [-0.2, 0) is 13.0 Å². The van der Waals surface area contributed by atoms with Gasteiger partial charge in [-0.1, -0.05) is 28.1 Å². The highest BCUT2D eigenvalue weighted by atomic mass is 79.9. The monoisotopic (exact) mass is 307 g/mol. The lowest BCUT2D eigenvalue weighted by Gasteiger charge is -2.12. The van der Waals surface area contributed by atoms with Crippen LogP contribution in [0.1, 0.15) is 24.0 Å². The average molecular weight is 308 g/mol. The lowest BCUT2D eigenvalue weighted by atomic mass is 10.1. The maximum Gasteiger partial charge on any atom is 0.117 e. The number of aryl methyl sites for hydroxylation is 1. The van der Waals surface area contributed by atoms with E-state index in [2.05, 4.69) is 52.4 Å². The van der Waals surface area contributed by atoms with Crippen molar-refractivity contribution in [3.63, 3.8) is 0 Å². The van der Waals surface area contributed by atoms with Gasteiger partial charge in [0.2, 0.25) is 0 Å². The fraction of sp³-hybridized carbons (Fsp3) is 0.333.